The van der Waals surface area contributed by atoms with E-state index in [-0.39, 0.29) is 0 Å². The Kier molecular flexibility index (Phi) is 3.61. The summed E-state index contributed by atoms with van der Waals surface area (Å²) in [6, 6.07) is 14.2. The molecular formula is C15H11BrClNS. The molecule has 0 fully saturated rings. The molecule has 96 valence electrons. The van der Waals surface area contributed by atoms with Gasteiger partial charge in [-0.25, -0.2) is 0 Å². The molecule has 0 radical (unpaired) electrons. The van der Waals surface area contributed by atoms with E-state index >= 15 is 0 Å². The molecule has 2 aromatic carbocycles. The Morgan fingerprint density at radius 2 is 1.95 bits per heavy atom. The summed E-state index contributed by atoms with van der Waals surface area (Å²) in [6.45, 7) is 2.09. The van der Waals surface area contributed by atoms with Crippen molar-refractivity contribution in [1.29, 1.82) is 0 Å². The second-order valence-corrected chi connectivity index (χ2v) is 6.68. The average Bonchev–Trinajstić information content (AvgIpc) is 2.69. The quantitative estimate of drug-likeness (QED) is 0.594. The van der Waals surface area contributed by atoms with Gasteiger partial charge in [0, 0.05) is 30.9 Å². The lowest BCUT2D eigenvalue weighted by atomic mass is 10.2. The van der Waals surface area contributed by atoms with E-state index in [1.54, 1.807) is 11.8 Å². The summed E-state index contributed by atoms with van der Waals surface area (Å²) in [4.78, 5) is 5.71. The summed E-state index contributed by atoms with van der Waals surface area (Å²) in [7, 11) is 0. The van der Waals surface area contributed by atoms with Gasteiger partial charge in [0.15, 0.2) is 0 Å². The predicted octanol–water partition coefficient (Wildman–Crippen LogP) is 6.04. The molecule has 0 unspecified atom stereocenters. The molecule has 0 bridgehead atoms. The van der Waals surface area contributed by atoms with Crippen LogP contribution in [0.5, 0.6) is 0 Å². The van der Waals surface area contributed by atoms with Gasteiger partial charge in [-0.1, -0.05) is 51.4 Å². The average molecular weight is 353 g/mol. The topological polar surface area (TPSA) is 15.8 Å². The maximum absolute atomic E-state index is 6.24. The highest BCUT2D eigenvalue weighted by Gasteiger charge is 2.11. The van der Waals surface area contributed by atoms with Crippen molar-refractivity contribution in [2.24, 2.45) is 0 Å². The van der Waals surface area contributed by atoms with Crippen molar-refractivity contribution in [3.8, 4) is 0 Å². The maximum Gasteiger partial charge on any atom is 0.0545 e. The largest absolute Gasteiger partial charge is 0.358 e. The molecular weight excluding hydrogens is 342 g/mol. The molecule has 0 saturated carbocycles. The zero-order valence-corrected chi connectivity index (χ0v) is 13.4. The number of halogens is 2. The van der Waals surface area contributed by atoms with Gasteiger partial charge in [0.2, 0.25) is 0 Å². The van der Waals surface area contributed by atoms with E-state index in [1.807, 2.05) is 30.3 Å². The first-order valence-corrected chi connectivity index (χ1v) is 7.84. The SMILES string of the molecule is Cc1[nH]c2ccc(Br)cc2c1Sc1ccccc1Cl. The Bertz CT molecular complexity index is 751. The van der Waals surface area contributed by atoms with Crippen molar-refractivity contribution in [1.82, 2.24) is 4.98 Å². The third-order valence-corrected chi connectivity index (χ3v) is 5.18. The lowest BCUT2D eigenvalue weighted by Crippen LogP contribution is -1.77. The summed E-state index contributed by atoms with van der Waals surface area (Å²) in [5.74, 6) is 0. The summed E-state index contributed by atoms with van der Waals surface area (Å²) >= 11 is 11.5. The fourth-order valence-electron chi connectivity index (χ4n) is 2.04. The van der Waals surface area contributed by atoms with Crippen molar-refractivity contribution in [3.05, 3.63) is 57.7 Å². The van der Waals surface area contributed by atoms with E-state index in [2.05, 4.69) is 40.0 Å². The minimum Gasteiger partial charge on any atom is -0.358 e. The number of rotatable bonds is 2. The van der Waals surface area contributed by atoms with Crippen molar-refractivity contribution in [2.45, 2.75) is 16.7 Å². The van der Waals surface area contributed by atoms with Crippen molar-refractivity contribution in [3.63, 3.8) is 0 Å². The molecule has 0 aliphatic rings. The van der Waals surface area contributed by atoms with Crippen LogP contribution in [0.15, 0.2) is 56.7 Å². The monoisotopic (exact) mass is 351 g/mol. The Morgan fingerprint density at radius 1 is 1.16 bits per heavy atom. The highest BCUT2D eigenvalue weighted by Crippen LogP contribution is 2.39. The molecule has 3 aromatic rings. The van der Waals surface area contributed by atoms with Crippen molar-refractivity contribution >= 4 is 50.2 Å². The number of H-pyrrole nitrogens is 1. The smallest absolute Gasteiger partial charge is 0.0545 e. The zero-order valence-electron chi connectivity index (χ0n) is 10.2. The van der Waals surface area contributed by atoms with E-state index in [0.717, 1.165) is 25.6 Å². The third-order valence-electron chi connectivity index (χ3n) is 2.94. The highest BCUT2D eigenvalue weighted by atomic mass is 79.9. The Balaban J connectivity index is 2.12. The molecule has 0 atom stereocenters. The zero-order chi connectivity index (χ0) is 13.4. The first-order chi connectivity index (χ1) is 9.15. The first kappa shape index (κ1) is 13.1. The first-order valence-electron chi connectivity index (χ1n) is 5.85. The number of nitrogens with one attached hydrogen (secondary N) is 1. The van der Waals surface area contributed by atoms with Crippen LogP contribution in [-0.2, 0) is 0 Å². The van der Waals surface area contributed by atoms with Crippen molar-refractivity contribution < 1.29 is 0 Å². The minimum atomic E-state index is 0.788. The molecule has 1 N–H and O–H groups in total. The van der Waals surface area contributed by atoms with Crippen LogP contribution >= 0.6 is 39.3 Å². The molecule has 19 heavy (non-hydrogen) atoms. The van der Waals surface area contributed by atoms with Crippen LogP contribution in [0.2, 0.25) is 5.02 Å². The molecule has 0 spiro atoms. The van der Waals surface area contributed by atoms with Crippen LogP contribution in [-0.4, -0.2) is 4.98 Å². The van der Waals surface area contributed by atoms with Crippen LogP contribution in [0.1, 0.15) is 5.69 Å². The van der Waals surface area contributed by atoms with Crippen LogP contribution < -0.4 is 0 Å². The fourth-order valence-corrected chi connectivity index (χ4v) is 3.67. The standard InChI is InChI=1S/C15H11BrClNS/c1-9-15(19-14-5-3-2-4-12(14)17)11-8-10(16)6-7-13(11)18-9/h2-8,18H,1H3. The van der Waals surface area contributed by atoms with Gasteiger partial charge in [0.05, 0.1) is 5.02 Å². The summed E-state index contributed by atoms with van der Waals surface area (Å²) in [6.07, 6.45) is 0. The Labute approximate surface area is 129 Å². The van der Waals surface area contributed by atoms with Gasteiger partial charge in [-0.15, -0.1) is 0 Å². The number of aromatic amines is 1. The van der Waals surface area contributed by atoms with Crippen LogP contribution in [0, 0.1) is 6.92 Å². The molecule has 0 amide bonds. The molecule has 0 aliphatic heterocycles. The molecule has 0 aliphatic carbocycles. The minimum absolute atomic E-state index is 0.788. The van der Waals surface area contributed by atoms with Gasteiger partial charge < -0.3 is 4.98 Å². The summed E-state index contributed by atoms with van der Waals surface area (Å²) in [5, 5.41) is 2.01. The van der Waals surface area contributed by atoms with Gasteiger partial charge in [-0.05, 0) is 37.3 Å². The van der Waals surface area contributed by atoms with E-state index < -0.39 is 0 Å². The van der Waals surface area contributed by atoms with Crippen molar-refractivity contribution in [2.75, 3.05) is 0 Å². The van der Waals surface area contributed by atoms with Gasteiger partial charge in [-0.3, -0.25) is 0 Å². The maximum atomic E-state index is 6.24. The highest BCUT2D eigenvalue weighted by molar-refractivity contribution is 9.10. The number of hydrogen-bond donors (Lipinski definition) is 1. The third kappa shape index (κ3) is 2.55. The number of hydrogen-bond acceptors (Lipinski definition) is 1. The van der Waals surface area contributed by atoms with E-state index in [0.29, 0.717) is 0 Å². The van der Waals surface area contributed by atoms with Crippen LogP contribution in [0.3, 0.4) is 0 Å². The second kappa shape index (κ2) is 5.23. The number of fused-ring (bicyclic) bond motifs is 1. The fraction of sp³-hybridized carbons (Fsp3) is 0.0667. The van der Waals surface area contributed by atoms with E-state index in [1.165, 1.54) is 10.3 Å². The van der Waals surface area contributed by atoms with Crippen LogP contribution in [0.25, 0.3) is 10.9 Å². The Morgan fingerprint density at radius 3 is 2.74 bits per heavy atom. The van der Waals surface area contributed by atoms with E-state index in [9.17, 15) is 0 Å². The number of benzene rings is 2. The van der Waals surface area contributed by atoms with Crippen LogP contribution in [0.4, 0.5) is 0 Å². The van der Waals surface area contributed by atoms with Gasteiger partial charge in [0.1, 0.15) is 0 Å². The summed E-state index contributed by atoms with van der Waals surface area (Å²) in [5.41, 5.74) is 2.31. The lowest BCUT2D eigenvalue weighted by Gasteiger charge is -2.04. The van der Waals surface area contributed by atoms with Gasteiger partial charge in [-0.2, -0.15) is 0 Å². The molecule has 1 aromatic heterocycles. The molecule has 4 heteroatoms. The molecule has 1 nitrogen and oxygen atoms in total. The number of aromatic nitrogens is 1. The van der Waals surface area contributed by atoms with E-state index in [4.69, 9.17) is 11.6 Å². The molecule has 0 saturated heterocycles. The number of aryl methyl sites for hydroxylation is 1. The Hall–Kier alpha value is -0.900. The molecule has 1 heterocycles. The second-order valence-electron chi connectivity index (χ2n) is 4.30. The van der Waals surface area contributed by atoms with Gasteiger partial charge >= 0.3 is 0 Å². The lowest BCUT2D eigenvalue weighted by molar-refractivity contribution is 1.23. The predicted molar refractivity (Wildman–Crippen MR) is 86.3 cm³/mol. The van der Waals surface area contributed by atoms with Gasteiger partial charge in [0.25, 0.3) is 0 Å². The summed E-state index contributed by atoms with van der Waals surface area (Å²) < 4.78 is 1.08. The molecule has 3 rings (SSSR count). The normalized spacial score (nSPS) is 11.1.